The number of hydrogen-bond donors (Lipinski definition) is 1. The van der Waals surface area contributed by atoms with Crippen LogP contribution in [-0.2, 0) is 4.79 Å². The Morgan fingerprint density at radius 2 is 0.935 bits per heavy atom. The Labute approximate surface area is 288 Å². The fourth-order valence-corrected chi connectivity index (χ4v) is 10.4. The Morgan fingerprint density at radius 3 is 1.20 bits per heavy atom. The lowest BCUT2D eigenvalue weighted by atomic mass is 9.56. The van der Waals surface area contributed by atoms with Crippen molar-refractivity contribution in [2.45, 2.75) is 220 Å². The summed E-state index contributed by atoms with van der Waals surface area (Å²) in [6.07, 6.45) is 43.1. The van der Waals surface area contributed by atoms with E-state index in [0.717, 1.165) is 24.7 Å². The van der Waals surface area contributed by atoms with E-state index in [1.807, 2.05) is 0 Å². The summed E-state index contributed by atoms with van der Waals surface area (Å²) in [4.78, 5) is 10.3. The van der Waals surface area contributed by atoms with Gasteiger partial charge in [0.2, 0.25) is 0 Å². The molecule has 0 radical (unpaired) electrons. The molecule has 2 nitrogen and oxygen atoms in total. The summed E-state index contributed by atoms with van der Waals surface area (Å²) in [5.74, 6) is 5.91. The van der Waals surface area contributed by atoms with Gasteiger partial charge in [0.05, 0.1) is 0 Å². The van der Waals surface area contributed by atoms with E-state index >= 15 is 0 Å². The molecule has 7 aliphatic carbocycles. The van der Waals surface area contributed by atoms with Crippen LogP contribution < -0.4 is 0 Å². The van der Waals surface area contributed by atoms with E-state index in [-0.39, 0.29) is 0 Å². The number of unbranched alkanes of at least 4 members (excludes halogenated alkanes) is 14. The second kappa shape index (κ2) is 22.8. The predicted molar refractivity (Wildman–Crippen MR) is 200 cm³/mol. The minimum Gasteiger partial charge on any atom is -0.481 e. The van der Waals surface area contributed by atoms with Gasteiger partial charge in [0.15, 0.2) is 0 Å². The van der Waals surface area contributed by atoms with Crippen molar-refractivity contribution in [2.75, 3.05) is 0 Å². The van der Waals surface area contributed by atoms with Gasteiger partial charge in [0, 0.05) is 6.42 Å². The van der Waals surface area contributed by atoms with Gasteiger partial charge in [-0.25, -0.2) is 0 Å². The molecule has 6 bridgehead atoms. The van der Waals surface area contributed by atoms with Gasteiger partial charge in [0.1, 0.15) is 0 Å². The van der Waals surface area contributed by atoms with Gasteiger partial charge in [0.25, 0.3) is 0 Å². The average molecular weight is 641 g/mol. The molecular weight excluding hydrogens is 560 g/mol. The molecule has 0 saturated heterocycles. The summed E-state index contributed by atoms with van der Waals surface area (Å²) < 4.78 is 0. The van der Waals surface area contributed by atoms with Crippen molar-refractivity contribution in [3.63, 3.8) is 0 Å². The Kier molecular flexibility index (Phi) is 19.6. The van der Waals surface area contributed by atoms with E-state index in [1.54, 1.807) is 38.5 Å². The maximum Gasteiger partial charge on any atom is 0.303 e. The number of rotatable bonds is 16. The molecule has 268 valence electrons. The first-order valence-electron chi connectivity index (χ1n) is 21.2. The number of hydrogen-bond acceptors (Lipinski definition) is 1. The SMILES string of the molecule is C1C2CC3CC1CC(C2)C3.C1CCCCC1.C=C1C2CCC(C2)C1(C)C.CCCCCCCCCCCCCCCCCC(=O)O. The van der Waals surface area contributed by atoms with Crippen LogP contribution in [-0.4, -0.2) is 11.1 Å². The van der Waals surface area contributed by atoms with E-state index in [4.69, 9.17) is 5.11 Å². The molecule has 0 heterocycles. The number of carbonyl (C=O) groups is 1. The van der Waals surface area contributed by atoms with Crippen LogP contribution in [0.4, 0.5) is 0 Å². The molecule has 0 aliphatic heterocycles. The van der Waals surface area contributed by atoms with E-state index in [9.17, 15) is 4.79 Å². The lowest BCUT2D eigenvalue weighted by Gasteiger charge is -2.49. The monoisotopic (exact) mass is 641 g/mol. The normalized spacial score (nSPS) is 29.7. The molecule has 7 aliphatic rings. The number of carboxylic acid groups (broad SMARTS) is 1. The molecule has 1 N–H and O–H groups in total. The van der Waals surface area contributed by atoms with Gasteiger partial charge >= 0.3 is 5.97 Å². The summed E-state index contributed by atoms with van der Waals surface area (Å²) in [7, 11) is 0. The van der Waals surface area contributed by atoms with Crippen molar-refractivity contribution < 1.29 is 9.90 Å². The van der Waals surface area contributed by atoms with Gasteiger partial charge < -0.3 is 5.11 Å². The second-order valence-corrected chi connectivity index (χ2v) is 17.5. The third kappa shape index (κ3) is 15.2. The van der Waals surface area contributed by atoms with Crippen LogP contribution in [0.3, 0.4) is 0 Å². The Balaban J connectivity index is 0.000000182. The molecule has 2 unspecified atom stereocenters. The molecule has 0 aromatic rings. The molecule has 46 heavy (non-hydrogen) atoms. The van der Waals surface area contributed by atoms with Crippen molar-refractivity contribution in [3.05, 3.63) is 12.2 Å². The molecule has 0 aromatic heterocycles. The zero-order chi connectivity index (χ0) is 33.0. The van der Waals surface area contributed by atoms with Gasteiger partial charge in [-0.3, -0.25) is 4.79 Å². The van der Waals surface area contributed by atoms with Crippen LogP contribution in [0.5, 0.6) is 0 Å². The smallest absolute Gasteiger partial charge is 0.303 e. The van der Waals surface area contributed by atoms with Gasteiger partial charge in [-0.1, -0.05) is 161 Å². The maximum absolute atomic E-state index is 10.3. The zero-order valence-electron chi connectivity index (χ0n) is 31.4. The number of carboxylic acids is 1. The highest BCUT2D eigenvalue weighted by molar-refractivity contribution is 5.66. The summed E-state index contributed by atoms with van der Waals surface area (Å²) >= 11 is 0. The van der Waals surface area contributed by atoms with E-state index in [0.29, 0.717) is 11.8 Å². The third-order valence-corrected chi connectivity index (χ3v) is 13.3. The highest BCUT2D eigenvalue weighted by Gasteiger charge is 2.47. The van der Waals surface area contributed by atoms with E-state index < -0.39 is 5.97 Å². The Morgan fingerprint density at radius 1 is 0.587 bits per heavy atom. The highest BCUT2D eigenvalue weighted by atomic mass is 16.4. The summed E-state index contributed by atoms with van der Waals surface area (Å²) in [5.41, 5.74) is 2.01. The highest BCUT2D eigenvalue weighted by Crippen LogP contribution is 2.58. The lowest BCUT2D eigenvalue weighted by Crippen LogP contribution is -2.38. The average Bonchev–Trinajstić information content (AvgIpc) is 3.62. The minimum atomic E-state index is -0.653. The lowest BCUT2D eigenvalue weighted by molar-refractivity contribution is -0.137. The molecule has 0 spiro atoms. The first kappa shape index (κ1) is 39.6. The third-order valence-electron chi connectivity index (χ3n) is 13.3. The molecule has 7 saturated carbocycles. The first-order valence-corrected chi connectivity index (χ1v) is 21.2. The van der Waals surface area contributed by atoms with Crippen molar-refractivity contribution >= 4 is 5.97 Å². The van der Waals surface area contributed by atoms with Gasteiger partial charge in [-0.2, -0.15) is 0 Å². The topological polar surface area (TPSA) is 37.3 Å². The van der Waals surface area contributed by atoms with Crippen molar-refractivity contribution in [1.82, 2.24) is 0 Å². The zero-order valence-corrected chi connectivity index (χ0v) is 31.4. The van der Waals surface area contributed by atoms with Crippen LogP contribution in [0.15, 0.2) is 12.2 Å². The van der Waals surface area contributed by atoms with E-state index in [1.165, 1.54) is 171 Å². The fourth-order valence-electron chi connectivity index (χ4n) is 10.4. The van der Waals surface area contributed by atoms with Crippen LogP contribution in [0.2, 0.25) is 0 Å². The van der Waals surface area contributed by atoms with Crippen molar-refractivity contribution in [3.8, 4) is 0 Å². The van der Waals surface area contributed by atoms with Gasteiger partial charge in [-0.15, -0.1) is 0 Å². The van der Waals surface area contributed by atoms with Gasteiger partial charge in [-0.05, 0) is 105 Å². The van der Waals surface area contributed by atoms with E-state index in [2.05, 4.69) is 27.4 Å². The van der Waals surface area contributed by atoms with Crippen LogP contribution >= 0.6 is 0 Å². The quantitative estimate of drug-likeness (QED) is 0.135. The molecule has 7 fully saturated rings. The van der Waals surface area contributed by atoms with Crippen LogP contribution in [0.25, 0.3) is 0 Å². The van der Waals surface area contributed by atoms with Crippen LogP contribution in [0.1, 0.15) is 220 Å². The Bertz CT molecular complexity index is 739. The maximum atomic E-state index is 10.3. The molecule has 7 rings (SSSR count). The number of allylic oxidation sites excluding steroid dienone is 1. The molecule has 2 atom stereocenters. The standard InChI is InChI=1S/C18H36O2.2C10H16.C6H12/c1-2-3-4-5-6-7-8-9-10-11-12-13-14-15-16-17-18(19)20;1-7-2-9-4-8(1)5-10(3-7)6-9;1-7-8-4-5-9(6-8)10(7,2)3;1-2-4-6-5-3-1/h2-17H2,1H3,(H,19,20);7-10H,1-6H2;8-9H,1,4-6H2,2-3H3;1-6H2. The predicted octanol–water partition coefficient (Wildman–Crippen LogP) is 14.5. The summed E-state index contributed by atoms with van der Waals surface area (Å²) in [6.45, 7) is 11.2. The summed E-state index contributed by atoms with van der Waals surface area (Å²) in [5, 5.41) is 8.52. The minimum absolute atomic E-state index is 0.345. The second-order valence-electron chi connectivity index (χ2n) is 17.5. The number of fused-ring (bicyclic) bond motifs is 2. The molecular formula is C44H80O2. The largest absolute Gasteiger partial charge is 0.481 e. The number of aliphatic carboxylic acids is 1. The fraction of sp³-hybridized carbons (Fsp3) is 0.932. The van der Waals surface area contributed by atoms with Crippen LogP contribution in [0, 0.1) is 40.9 Å². The molecule has 0 amide bonds. The Hall–Kier alpha value is -0.790. The molecule has 2 heteroatoms. The molecule has 0 aromatic carbocycles. The van der Waals surface area contributed by atoms with Crippen molar-refractivity contribution in [2.24, 2.45) is 40.9 Å². The van der Waals surface area contributed by atoms with Crippen molar-refractivity contribution in [1.29, 1.82) is 0 Å². The summed E-state index contributed by atoms with van der Waals surface area (Å²) in [6, 6.07) is 0. The first-order chi connectivity index (χ1) is 22.3.